The van der Waals surface area contributed by atoms with Crippen molar-refractivity contribution in [3.8, 4) is 0 Å². The predicted octanol–water partition coefficient (Wildman–Crippen LogP) is 3.50. The summed E-state index contributed by atoms with van der Waals surface area (Å²) in [5.74, 6) is 0.365. The number of furan rings is 1. The minimum absolute atomic E-state index is 0.0331. The molecule has 5 heteroatoms. The third kappa shape index (κ3) is 3.93. The lowest BCUT2D eigenvalue weighted by Crippen LogP contribution is -2.27. The highest BCUT2D eigenvalue weighted by Crippen LogP contribution is 2.22. The van der Waals surface area contributed by atoms with Gasteiger partial charge in [0.15, 0.2) is 0 Å². The van der Waals surface area contributed by atoms with Crippen molar-refractivity contribution in [2.45, 2.75) is 25.8 Å². The Labute approximate surface area is 140 Å². The maximum absolute atomic E-state index is 12.4. The molecule has 0 spiro atoms. The van der Waals surface area contributed by atoms with E-state index in [1.54, 1.807) is 42.7 Å². The van der Waals surface area contributed by atoms with Gasteiger partial charge in [0.05, 0.1) is 24.1 Å². The van der Waals surface area contributed by atoms with Gasteiger partial charge in [0.25, 0.3) is 5.91 Å². The lowest BCUT2D eigenvalue weighted by atomic mass is 9.93. The quantitative estimate of drug-likeness (QED) is 0.827. The Morgan fingerprint density at radius 3 is 2.75 bits per heavy atom. The third-order valence-electron chi connectivity index (χ3n) is 4.07. The topological polar surface area (TPSA) is 71.3 Å². The van der Waals surface area contributed by atoms with Gasteiger partial charge in [0.2, 0.25) is 5.91 Å². The second kappa shape index (κ2) is 7.64. The number of hydrogen-bond acceptors (Lipinski definition) is 3. The summed E-state index contributed by atoms with van der Waals surface area (Å²) in [6.07, 6.45) is 8.21. The molecule has 2 aromatic rings. The fraction of sp³-hybridized carbons (Fsp3) is 0.263. The van der Waals surface area contributed by atoms with Gasteiger partial charge in [-0.2, -0.15) is 0 Å². The van der Waals surface area contributed by atoms with Crippen LogP contribution in [0.5, 0.6) is 0 Å². The van der Waals surface area contributed by atoms with E-state index >= 15 is 0 Å². The van der Waals surface area contributed by atoms with E-state index in [-0.39, 0.29) is 17.7 Å². The minimum atomic E-state index is -0.245. The largest absolute Gasteiger partial charge is 0.467 e. The number of nitrogens with one attached hydrogen (secondary N) is 2. The van der Waals surface area contributed by atoms with Gasteiger partial charge >= 0.3 is 0 Å². The fourth-order valence-electron chi connectivity index (χ4n) is 2.73. The summed E-state index contributed by atoms with van der Waals surface area (Å²) in [4.78, 5) is 24.8. The second-order valence-corrected chi connectivity index (χ2v) is 5.78. The van der Waals surface area contributed by atoms with Gasteiger partial charge in [0.1, 0.15) is 5.76 Å². The molecular formula is C19H20N2O3. The molecule has 0 saturated carbocycles. The van der Waals surface area contributed by atoms with Crippen LogP contribution in [0.4, 0.5) is 5.69 Å². The molecule has 2 amide bonds. The summed E-state index contributed by atoms with van der Waals surface area (Å²) in [5, 5.41) is 5.70. The van der Waals surface area contributed by atoms with Crippen LogP contribution in [0.15, 0.2) is 59.2 Å². The van der Waals surface area contributed by atoms with Crippen LogP contribution in [-0.2, 0) is 11.3 Å². The molecule has 2 N–H and O–H groups in total. The summed E-state index contributed by atoms with van der Waals surface area (Å²) in [6.45, 7) is 0.307. The first-order valence-electron chi connectivity index (χ1n) is 8.09. The lowest BCUT2D eigenvalue weighted by molar-refractivity contribution is -0.120. The Bertz CT molecular complexity index is 735. The molecule has 3 rings (SSSR count). The Morgan fingerprint density at radius 1 is 1.12 bits per heavy atom. The molecule has 24 heavy (non-hydrogen) atoms. The van der Waals surface area contributed by atoms with Crippen LogP contribution in [0.1, 0.15) is 35.4 Å². The highest BCUT2D eigenvalue weighted by molar-refractivity contribution is 6.04. The van der Waals surface area contributed by atoms with Crippen LogP contribution in [0.2, 0.25) is 0 Å². The smallest absolute Gasteiger partial charge is 0.253 e. The third-order valence-corrected chi connectivity index (χ3v) is 4.07. The Balaban J connectivity index is 1.66. The van der Waals surface area contributed by atoms with Gasteiger partial charge in [-0.15, -0.1) is 0 Å². The zero-order valence-electron chi connectivity index (χ0n) is 13.3. The summed E-state index contributed by atoms with van der Waals surface area (Å²) >= 11 is 0. The SMILES string of the molecule is O=C(NCc1ccco1)c1ccccc1NC(=O)C1CC=CCC1. The number of carbonyl (C=O) groups excluding carboxylic acids is 2. The van der Waals surface area contributed by atoms with Crippen LogP contribution in [-0.4, -0.2) is 11.8 Å². The lowest BCUT2D eigenvalue weighted by Gasteiger charge is -2.18. The first-order valence-corrected chi connectivity index (χ1v) is 8.09. The fourth-order valence-corrected chi connectivity index (χ4v) is 2.73. The molecule has 1 atom stereocenters. The average Bonchev–Trinajstić information content (AvgIpc) is 3.14. The monoisotopic (exact) mass is 324 g/mol. The van der Waals surface area contributed by atoms with E-state index in [9.17, 15) is 9.59 Å². The molecule has 0 bridgehead atoms. The van der Waals surface area contributed by atoms with E-state index < -0.39 is 0 Å². The second-order valence-electron chi connectivity index (χ2n) is 5.78. The van der Waals surface area contributed by atoms with Crippen LogP contribution < -0.4 is 10.6 Å². The average molecular weight is 324 g/mol. The maximum atomic E-state index is 12.4. The Hall–Kier alpha value is -2.82. The van der Waals surface area contributed by atoms with Crippen LogP contribution in [0.25, 0.3) is 0 Å². The number of allylic oxidation sites excluding steroid dienone is 2. The number of benzene rings is 1. The van der Waals surface area contributed by atoms with Crippen LogP contribution in [0, 0.1) is 5.92 Å². The summed E-state index contributed by atoms with van der Waals surface area (Å²) < 4.78 is 5.20. The van der Waals surface area contributed by atoms with Gasteiger partial charge in [-0.3, -0.25) is 9.59 Å². The van der Waals surface area contributed by atoms with Crippen molar-refractivity contribution in [2.24, 2.45) is 5.92 Å². The summed E-state index contributed by atoms with van der Waals surface area (Å²) in [7, 11) is 0. The molecule has 0 radical (unpaired) electrons. The molecule has 1 aliphatic rings. The maximum Gasteiger partial charge on any atom is 0.253 e. The van der Waals surface area contributed by atoms with Gasteiger partial charge < -0.3 is 15.1 Å². The number of para-hydroxylation sites is 1. The number of amides is 2. The van der Waals surface area contributed by atoms with Crippen molar-refractivity contribution in [2.75, 3.05) is 5.32 Å². The normalized spacial score (nSPS) is 16.6. The Kier molecular flexibility index (Phi) is 5.11. The number of anilines is 1. The molecule has 0 saturated heterocycles. The first-order chi connectivity index (χ1) is 11.7. The Morgan fingerprint density at radius 2 is 2.00 bits per heavy atom. The van der Waals surface area contributed by atoms with Crippen molar-refractivity contribution in [1.82, 2.24) is 5.32 Å². The van der Waals surface area contributed by atoms with Crippen molar-refractivity contribution in [3.63, 3.8) is 0 Å². The molecule has 1 aromatic carbocycles. The molecule has 0 fully saturated rings. The van der Waals surface area contributed by atoms with Crippen LogP contribution in [0.3, 0.4) is 0 Å². The number of hydrogen-bond donors (Lipinski definition) is 2. The van der Waals surface area contributed by atoms with Gasteiger partial charge in [-0.25, -0.2) is 0 Å². The molecular weight excluding hydrogens is 304 g/mol. The summed E-state index contributed by atoms with van der Waals surface area (Å²) in [5.41, 5.74) is 0.984. The van der Waals surface area contributed by atoms with Gasteiger partial charge in [-0.05, 0) is 43.5 Å². The van der Waals surface area contributed by atoms with Crippen LogP contribution >= 0.6 is 0 Å². The standard InChI is InChI=1S/C19H20N2O3/c22-18(14-7-2-1-3-8-14)21-17-11-5-4-10-16(17)19(23)20-13-15-9-6-12-24-15/h1-2,4-6,9-12,14H,3,7-8,13H2,(H,20,23)(H,21,22). The molecule has 1 aliphatic carbocycles. The molecule has 5 nitrogen and oxygen atoms in total. The molecule has 0 aliphatic heterocycles. The van der Waals surface area contributed by atoms with Crippen molar-refractivity contribution in [1.29, 1.82) is 0 Å². The predicted molar refractivity (Wildman–Crippen MR) is 91.4 cm³/mol. The van der Waals surface area contributed by atoms with E-state index in [2.05, 4.69) is 16.7 Å². The highest BCUT2D eigenvalue weighted by Gasteiger charge is 2.20. The van der Waals surface area contributed by atoms with E-state index in [1.165, 1.54) is 0 Å². The van der Waals surface area contributed by atoms with E-state index in [4.69, 9.17) is 4.42 Å². The highest BCUT2D eigenvalue weighted by atomic mass is 16.3. The molecule has 1 unspecified atom stereocenters. The van der Waals surface area contributed by atoms with Crippen molar-refractivity contribution < 1.29 is 14.0 Å². The summed E-state index contributed by atoms with van der Waals surface area (Å²) in [6, 6.07) is 10.6. The number of rotatable bonds is 5. The number of carbonyl (C=O) groups is 2. The molecule has 1 heterocycles. The van der Waals surface area contributed by atoms with Gasteiger partial charge in [-0.1, -0.05) is 24.3 Å². The van der Waals surface area contributed by atoms with E-state index in [1.807, 2.05) is 6.08 Å². The van der Waals surface area contributed by atoms with Gasteiger partial charge in [0, 0.05) is 5.92 Å². The minimum Gasteiger partial charge on any atom is -0.467 e. The molecule has 124 valence electrons. The van der Waals surface area contributed by atoms with Crippen molar-refractivity contribution in [3.05, 3.63) is 66.1 Å². The van der Waals surface area contributed by atoms with Crippen molar-refractivity contribution >= 4 is 17.5 Å². The zero-order valence-corrected chi connectivity index (χ0v) is 13.3. The molecule has 1 aromatic heterocycles. The van der Waals surface area contributed by atoms with E-state index in [0.29, 0.717) is 23.6 Å². The first kappa shape index (κ1) is 16.1. The van der Waals surface area contributed by atoms with E-state index in [0.717, 1.165) is 19.3 Å². The zero-order chi connectivity index (χ0) is 16.8.